The van der Waals surface area contributed by atoms with E-state index in [9.17, 15) is 0 Å². The first-order valence-electron chi connectivity index (χ1n) is 13.6. The van der Waals surface area contributed by atoms with Crippen molar-refractivity contribution in [3.63, 3.8) is 0 Å². The first-order valence-corrected chi connectivity index (χ1v) is 13.6. The summed E-state index contributed by atoms with van der Waals surface area (Å²) >= 11 is 0. The number of fused-ring (bicyclic) bond motifs is 10. The molecule has 40 heavy (non-hydrogen) atoms. The van der Waals surface area contributed by atoms with Crippen molar-refractivity contribution >= 4 is 0 Å². The number of nitrogens with one attached hydrogen (secondary N) is 2. The molecule has 0 spiro atoms. The summed E-state index contributed by atoms with van der Waals surface area (Å²) in [5.74, 6) is 3.25. The van der Waals surface area contributed by atoms with E-state index < -0.39 is 10.8 Å². The highest BCUT2D eigenvalue weighted by atomic mass is 15.1. The third-order valence-corrected chi connectivity index (χ3v) is 8.04. The average Bonchev–Trinajstić information content (AvgIpc) is 3.73. The van der Waals surface area contributed by atoms with Crippen LogP contribution in [0.2, 0.25) is 0 Å². The first-order chi connectivity index (χ1) is 19.1. The van der Waals surface area contributed by atoms with Gasteiger partial charge in [0, 0.05) is 35.2 Å². The van der Waals surface area contributed by atoms with E-state index in [0.29, 0.717) is 0 Å². The number of rotatable bonds is 2. The average molecular weight is 529 g/mol. The van der Waals surface area contributed by atoms with Gasteiger partial charge in [-0.1, -0.05) is 36.4 Å². The number of hydrogen-bond acceptors (Lipinski definition) is 4. The van der Waals surface area contributed by atoms with Gasteiger partial charge in [0.1, 0.15) is 23.0 Å². The number of para-hydroxylation sites is 2. The number of aromatic amines is 2. The molecule has 6 aromatic rings. The molecular formula is C32H32N8. The number of aromatic nitrogens is 8. The molecule has 5 heterocycles. The molecule has 2 aromatic carbocycles. The Morgan fingerprint density at radius 2 is 0.925 bits per heavy atom. The summed E-state index contributed by atoms with van der Waals surface area (Å²) in [5, 5.41) is 0. The fourth-order valence-electron chi connectivity index (χ4n) is 6.03. The smallest absolute Gasteiger partial charge is 0.158 e. The predicted octanol–water partition coefficient (Wildman–Crippen LogP) is 6.42. The molecule has 4 aromatic heterocycles. The Balaban J connectivity index is 1.55. The van der Waals surface area contributed by atoms with Crippen LogP contribution in [0.3, 0.4) is 0 Å². The van der Waals surface area contributed by atoms with Crippen LogP contribution in [0, 0.1) is 13.8 Å². The highest BCUT2D eigenvalue weighted by molar-refractivity contribution is 5.58. The van der Waals surface area contributed by atoms with Gasteiger partial charge in [-0.3, -0.25) is 0 Å². The zero-order valence-corrected chi connectivity index (χ0v) is 23.6. The molecule has 0 radical (unpaired) electrons. The molecule has 0 saturated carbocycles. The number of benzene rings is 2. The molecule has 0 saturated heterocycles. The highest BCUT2D eigenvalue weighted by Gasteiger charge is 2.38. The van der Waals surface area contributed by atoms with Gasteiger partial charge >= 0.3 is 0 Å². The van der Waals surface area contributed by atoms with Crippen molar-refractivity contribution in [2.75, 3.05) is 0 Å². The molecule has 1 aliphatic heterocycles. The molecule has 200 valence electrons. The molecule has 0 amide bonds. The second-order valence-electron chi connectivity index (χ2n) is 11.7. The molecular weight excluding hydrogens is 496 g/mol. The molecule has 1 aliphatic rings. The monoisotopic (exact) mass is 528 g/mol. The van der Waals surface area contributed by atoms with Crippen molar-refractivity contribution in [2.24, 2.45) is 0 Å². The maximum absolute atomic E-state index is 5.21. The molecule has 0 fully saturated rings. The van der Waals surface area contributed by atoms with Gasteiger partial charge in [0.2, 0.25) is 0 Å². The molecule has 0 aliphatic carbocycles. The highest BCUT2D eigenvalue weighted by Crippen LogP contribution is 2.39. The van der Waals surface area contributed by atoms with Gasteiger partial charge in [0.25, 0.3) is 0 Å². The fourth-order valence-corrected chi connectivity index (χ4v) is 6.03. The molecule has 2 N–H and O–H groups in total. The van der Waals surface area contributed by atoms with E-state index in [1.165, 1.54) is 0 Å². The lowest BCUT2D eigenvalue weighted by molar-refractivity contribution is 0.559. The summed E-state index contributed by atoms with van der Waals surface area (Å²) in [6, 6.07) is 20.6. The van der Waals surface area contributed by atoms with E-state index in [-0.39, 0.29) is 0 Å². The molecule has 8 nitrogen and oxygen atoms in total. The van der Waals surface area contributed by atoms with Crippen LogP contribution in [0.15, 0.2) is 73.1 Å². The van der Waals surface area contributed by atoms with E-state index in [2.05, 4.69) is 97.3 Å². The Labute approximate surface area is 233 Å². The maximum Gasteiger partial charge on any atom is 0.158 e. The van der Waals surface area contributed by atoms with Gasteiger partial charge in [-0.25, -0.2) is 19.9 Å². The molecule has 0 atom stereocenters. The standard InChI is InChI=1S/C32H32N8/c1-19-25-31(3,4)29-36-24(18-39(29)21-13-9-7-10-14-21)28-34-20(2)26(38-28)32(5,6)30-35-23(27(33-19)37-25)17-40(30)22-15-11-8-12-16-22/h7-18H,1-6H3,(H,33,37)(H,34,38). The van der Waals surface area contributed by atoms with Crippen molar-refractivity contribution in [1.82, 2.24) is 39.0 Å². The van der Waals surface area contributed by atoms with Crippen LogP contribution in [-0.4, -0.2) is 39.0 Å². The second-order valence-corrected chi connectivity index (χ2v) is 11.7. The van der Waals surface area contributed by atoms with Gasteiger partial charge in [-0.15, -0.1) is 0 Å². The van der Waals surface area contributed by atoms with E-state index in [1.54, 1.807) is 0 Å². The summed E-state index contributed by atoms with van der Waals surface area (Å²) in [6.45, 7) is 12.8. The van der Waals surface area contributed by atoms with E-state index >= 15 is 0 Å². The van der Waals surface area contributed by atoms with Crippen molar-refractivity contribution in [1.29, 1.82) is 0 Å². The normalized spacial score (nSPS) is 15.2. The maximum atomic E-state index is 5.21. The topological polar surface area (TPSA) is 93.0 Å². The van der Waals surface area contributed by atoms with Crippen LogP contribution in [0.1, 0.15) is 62.1 Å². The largest absolute Gasteiger partial charge is 0.340 e. The molecule has 8 bridgehead atoms. The predicted molar refractivity (Wildman–Crippen MR) is 156 cm³/mol. The van der Waals surface area contributed by atoms with Crippen LogP contribution in [0.5, 0.6) is 0 Å². The third-order valence-electron chi connectivity index (χ3n) is 8.04. The van der Waals surface area contributed by atoms with Gasteiger partial charge in [0.05, 0.1) is 22.2 Å². The van der Waals surface area contributed by atoms with Crippen LogP contribution >= 0.6 is 0 Å². The van der Waals surface area contributed by atoms with Crippen LogP contribution in [0.25, 0.3) is 34.4 Å². The zero-order chi connectivity index (χ0) is 27.8. The number of nitrogens with zero attached hydrogens (tertiary/aromatic N) is 6. The lowest BCUT2D eigenvalue weighted by atomic mass is 9.86. The number of imidazole rings is 4. The van der Waals surface area contributed by atoms with Crippen molar-refractivity contribution in [2.45, 2.75) is 52.4 Å². The Hall–Kier alpha value is -4.72. The number of aryl methyl sites for hydroxylation is 2. The second kappa shape index (κ2) is 8.39. The SMILES string of the molecule is Cc1[nH]c2nc1C(C)(C)c1nc(cn1-c1ccccc1)-c1nc(c(C)[nH]1)C(C)(C)c1nc-2cn1-c1ccccc1. The number of H-pyrrole nitrogens is 2. The molecule has 8 heteroatoms. The van der Waals surface area contributed by atoms with Crippen LogP contribution in [-0.2, 0) is 10.8 Å². The minimum absolute atomic E-state index is 0.522. The van der Waals surface area contributed by atoms with E-state index in [1.807, 2.05) is 36.4 Å². The zero-order valence-electron chi connectivity index (χ0n) is 23.6. The Bertz CT molecular complexity index is 1720. The minimum atomic E-state index is -0.522. The Morgan fingerprint density at radius 3 is 1.30 bits per heavy atom. The van der Waals surface area contributed by atoms with E-state index in [4.69, 9.17) is 19.9 Å². The summed E-state index contributed by atoms with van der Waals surface area (Å²) in [5.41, 5.74) is 6.45. The quantitative estimate of drug-likeness (QED) is 0.271. The lowest BCUT2D eigenvalue weighted by Crippen LogP contribution is -2.25. The molecule has 7 rings (SSSR count). The van der Waals surface area contributed by atoms with Gasteiger partial charge in [-0.05, 0) is 65.8 Å². The van der Waals surface area contributed by atoms with E-state index in [0.717, 1.165) is 68.8 Å². The van der Waals surface area contributed by atoms with Crippen molar-refractivity contribution in [3.05, 3.63) is 107 Å². The van der Waals surface area contributed by atoms with Crippen molar-refractivity contribution in [3.8, 4) is 34.4 Å². The molecule has 0 unspecified atom stereocenters. The van der Waals surface area contributed by atoms with Crippen LogP contribution < -0.4 is 0 Å². The van der Waals surface area contributed by atoms with Gasteiger partial charge in [-0.2, -0.15) is 0 Å². The first kappa shape index (κ1) is 24.3. The number of hydrogen-bond donors (Lipinski definition) is 2. The summed E-state index contributed by atoms with van der Waals surface area (Å²) in [7, 11) is 0. The Morgan fingerprint density at radius 1 is 0.550 bits per heavy atom. The van der Waals surface area contributed by atoms with Gasteiger partial charge < -0.3 is 19.1 Å². The lowest BCUT2D eigenvalue weighted by Gasteiger charge is -2.24. The Kier molecular flexibility index (Phi) is 5.10. The van der Waals surface area contributed by atoms with Crippen molar-refractivity contribution < 1.29 is 0 Å². The fraction of sp³-hybridized carbons (Fsp3) is 0.250. The van der Waals surface area contributed by atoms with Crippen LogP contribution in [0.4, 0.5) is 0 Å². The summed E-state index contributed by atoms with van der Waals surface area (Å²) in [6.07, 6.45) is 4.15. The minimum Gasteiger partial charge on any atom is -0.340 e. The summed E-state index contributed by atoms with van der Waals surface area (Å²) in [4.78, 5) is 27.9. The summed E-state index contributed by atoms with van der Waals surface area (Å²) < 4.78 is 4.32. The third kappa shape index (κ3) is 3.52. The van der Waals surface area contributed by atoms with Gasteiger partial charge in [0.15, 0.2) is 11.6 Å².